The number of rotatable bonds is 5. The molecule has 1 aliphatic heterocycles. The first-order valence-electron chi connectivity index (χ1n) is 8.95. The molecule has 0 aromatic carbocycles. The highest BCUT2D eigenvalue weighted by Crippen LogP contribution is 2.32. The zero-order valence-electron chi connectivity index (χ0n) is 13.3. The van der Waals surface area contributed by atoms with Gasteiger partial charge in [0.2, 0.25) is 5.91 Å². The summed E-state index contributed by atoms with van der Waals surface area (Å²) in [5.74, 6) is 3.26. The van der Waals surface area contributed by atoms with Crippen molar-refractivity contribution in [3.8, 4) is 0 Å². The summed E-state index contributed by atoms with van der Waals surface area (Å²) in [6.45, 7) is 2.95. The molecule has 1 unspecified atom stereocenters. The van der Waals surface area contributed by atoms with Crippen LogP contribution in [0.1, 0.15) is 50.8 Å². The first-order chi connectivity index (χ1) is 10.8. The highest BCUT2D eigenvalue weighted by atomic mass is 16.2. The Morgan fingerprint density at radius 3 is 2.73 bits per heavy atom. The normalized spacial score (nSPS) is 26.0. The monoisotopic (exact) mass is 302 g/mol. The van der Waals surface area contributed by atoms with Gasteiger partial charge in [-0.3, -0.25) is 4.79 Å². The molecule has 2 aliphatic carbocycles. The number of amides is 1. The molecular weight excluding hydrogens is 276 g/mol. The highest BCUT2D eigenvalue weighted by Gasteiger charge is 2.33. The fraction of sp³-hybridized carbons (Fsp3) is 0.824. The molecule has 0 spiro atoms. The lowest BCUT2D eigenvalue weighted by atomic mass is 10.0. The summed E-state index contributed by atoms with van der Waals surface area (Å²) in [6, 6.07) is 0. The lowest BCUT2D eigenvalue weighted by Crippen LogP contribution is -2.33. The molecule has 1 amide bonds. The summed E-state index contributed by atoms with van der Waals surface area (Å²) in [4.78, 5) is 14.6. The molecule has 0 N–H and O–H groups in total. The Hall–Kier alpha value is -1.39. The minimum absolute atomic E-state index is 0.317. The van der Waals surface area contributed by atoms with Crippen LogP contribution >= 0.6 is 0 Å². The molecule has 1 atom stereocenters. The predicted octanol–water partition coefficient (Wildman–Crippen LogP) is 2.27. The molecular formula is C17H26N4O. The molecule has 120 valence electrons. The quantitative estimate of drug-likeness (QED) is 0.838. The summed E-state index contributed by atoms with van der Waals surface area (Å²) in [6.07, 6.45) is 11.4. The van der Waals surface area contributed by atoms with E-state index in [2.05, 4.69) is 19.7 Å². The molecule has 22 heavy (non-hydrogen) atoms. The van der Waals surface area contributed by atoms with Gasteiger partial charge in [-0.2, -0.15) is 0 Å². The number of likely N-dealkylation sites (tertiary alicyclic amines) is 1. The number of hydrogen-bond donors (Lipinski definition) is 0. The average molecular weight is 302 g/mol. The Labute approximate surface area is 132 Å². The van der Waals surface area contributed by atoms with E-state index in [1.807, 2.05) is 6.33 Å². The molecule has 5 nitrogen and oxygen atoms in total. The van der Waals surface area contributed by atoms with E-state index in [1.165, 1.54) is 25.7 Å². The van der Waals surface area contributed by atoms with Crippen LogP contribution in [0.4, 0.5) is 0 Å². The van der Waals surface area contributed by atoms with E-state index in [-0.39, 0.29) is 0 Å². The van der Waals surface area contributed by atoms with Crippen molar-refractivity contribution in [1.82, 2.24) is 19.7 Å². The van der Waals surface area contributed by atoms with Gasteiger partial charge in [-0.15, -0.1) is 10.2 Å². The third-order valence-corrected chi connectivity index (χ3v) is 5.62. The van der Waals surface area contributed by atoms with Gasteiger partial charge in [-0.25, -0.2) is 0 Å². The molecule has 0 bridgehead atoms. The SMILES string of the molecule is O=C(C1CCCC1)N1CCC(Cc2nncn2CC2CC2)C1. The predicted molar refractivity (Wildman–Crippen MR) is 83.1 cm³/mol. The topological polar surface area (TPSA) is 51.0 Å². The number of carbonyl (C=O) groups excluding carboxylic acids is 1. The summed E-state index contributed by atoms with van der Waals surface area (Å²) >= 11 is 0. The van der Waals surface area contributed by atoms with E-state index in [9.17, 15) is 4.79 Å². The maximum atomic E-state index is 12.5. The van der Waals surface area contributed by atoms with Gasteiger partial charge in [-0.05, 0) is 43.9 Å². The van der Waals surface area contributed by atoms with E-state index >= 15 is 0 Å². The fourth-order valence-electron chi connectivity index (χ4n) is 4.06. The van der Waals surface area contributed by atoms with Gasteiger partial charge in [0, 0.05) is 32.0 Å². The van der Waals surface area contributed by atoms with Crippen molar-refractivity contribution in [2.75, 3.05) is 13.1 Å². The zero-order valence-corrected chi connectivity index (χ0v) is 13.3. The van der Waals surface area contributed by atoms with Gasteiger partial charge >= 0.3 is 0 Å². The first kappa shape index (κ1) is 14.2. The molecule has 3 aliphatic rings. The Morgan fingerprint density at radius 1 is 1.14 bits per heavy atom. The lowest BCUT2D eigenvalue weighted by molar-refractivity contribution is -0.134. The van der Waals surface area contributed by atoms with Crippen LogP contribution < -0.4 is 0 Å². The van der Waals surface area contributed by atoms with Crippen molar-refractivity contribution >= 4 is 5.91 Å². The zero-order chi connectivity index (χ0) is 14.9. The van der Waals surface area contributed by atoms with E-state index in [0.717, 1.165) is 57.1 Å². The largest absolute Gasteiger partial charge is 0.342 e. The molecule has 1 saturated heterocycles. The van der Waals surface area contributed by atoms with Crippen molar-refractivity contribution < 1.29 is 4.79 Å². The molecule has 1 aromatic heterocycles. The number of aromatic nitrogens is 3. The maximum absolute atomic E-state index is 12.5. The molecule has 5 heteroatoms. The van der Waals surface area contributed by atoms with Crippen molar-refractivity contribution in [2.45, 2.75) is 57.9 Å². The lowest BCUT2D eigenvalue weighted by Gasteiger charge is -2.20. The summed E-state index contributed by atoms with van der Waals surface area (Å²) in [5.41, 5.74) is 0. The third-order valence-electron chi connectivity index (χ3n) is 5.62. The van der Waals surface area contributed by atoms with E-state index in [4.69, 9.17) is 0 Å². The van der Waals surface area contributed by atoms with Crippen LogP contribution in [0.2, 0.25) is 0 Å². The van der Waals surface area contributed by atoms with Crippen LogP contribution in [0.25, 0.3) is 0 Å². The average Bonchev–Trinajstić information content (AvgIpc) is 2.98. The van der Waals surface area contributed by atoms with Crippen LogP contribution in [0.15, 0.2) is 6.33 Å². The molecule has 2 saturated carbocycles. The minimum Gasteiger partial charge on any atom is -0.342 e. The van der Waals surface area contributed by atoms with E-state index < -0.39 is 0 Å². The van der Waals surface area contributed by atoms with E-state index in [1.54, 1.807) is 0 Å². The number of nitrogens with zero attached hydrogens (tertiary/aromatic N) is 4. The van der Waals surface area contributed by atoms with Gasteiger partial charge in [0.05, 0.1) is 0 Å². The van der Waals surface area contributed by atoms with Crippen molar-refractivity contribution in [3.63, 3.8) is 0 Å². The smallest absolute Gasteiger partial charge is 0.225 e. The maximum Gasteiger partial charge on any atom is 0.225 e. The van der Waals surface area contributed by atoms with Gasteiger partial charge in [0.1, 0.15) is 12.2 Å². The molecule has 3 fully saturated rings. The molecule has 0 radical (unpaired) electrons. The fourth-order valence-corrected chi connectivity index (χ4v) is 4.06. The summed E-state index contributed by atoms with van der Waals surface area (Å²) in [5, 5.41) is 8.41. The van der Waals surface area contributed by atoms with Crippen LogP contribution in [0.5, 0.6) is 0 Å². The number of carbonyl (C=O) groups is 1. The molecule has 4 rings (SSSR count). The Morgan fingerprint density at radius 2 is 1.95 bits per heavy atom. The Kier molecular flexibility index (Phi) is 3.89. The van der Waals surface area contributed by atoms with Crippen molar-refractivity contribution in [1.29, 1.82) is 0 Å². The Balaban J connectivity index is 1.32. The number of hydrogen-bond acceptors (Lipinski definition) is 3. The first-order valence-corrected chi connectivity index (χ1v) is 8.95. The Bertz CT molecular complexity index is 531. The van der Waals surface area contributed by atoms with Gasteiger partial charge in [0.15, 0.2) is 0 Å². The summed E-state index contributed by atoms with van der Waals surface area (Å²) in [7, 11) is 0. The van der Waals surface area contributed by atoms with Gasteiger partial charge < -0.3 is 9.47 Å². The van der Waals surface area contributed by atoms with Gasteiger partial charge in [0.25, 0.3) is 0 Å². The van der Waals surface area contributed by atoms with Gasteiger partial charge in [-0.1, -0.05) is 12.8 Å². The van der Waals surface area contributed by atoms with Crippen LogP contribution in [0, 0.1) is 17.8 Å². The molecule has 2 heterocycles. The van der Waals surface area contributed by atoms with E-state index in [0.29, 0.717) is 17.7 Å². The van der Waals surface area contributed by atoms with Crippen molar-refractivity contribution in [3.05, 3.63) is 12.2 Å². The second kappa shape index (κ2) is 6.01. The standard InChI is InChI=1S/C17H26N4O/c22-17(15-3-1-2-4-15)20-8-7-14(11-20)9-16-19-18-12-21(16)10-13-5-6-13/h12-15H,1-11H2. The minimum atomic E-state index is 0.317. The summed E-state index contributed by atoms with van der Waals surface area (Å²) < 4.78 is 2.24. The van der Waals surface area contributed by atoms with Crippen LogP contribution in [0.3, 0.4) is 0 Å². The highest BCUT2D eigenvalue weighted by molar-refractivity contribution is 5.79. The van der Waals surface area contributed by atoms with Crippen LogP contribution in [-0.4, -0.2) is 38.7 Å². The van der Waals surface area contributed by atoms with Crippen molar-refractivity contribution in [2.24, 2.45) is 17.8 Å². The second-order valence-corrected chi connectivity index (χ2v) is 7.47. The third kappa shape index (κ3) is 3.03. The van der Waals surface area contributed by atoms with Crippen LogP contribution in [-0.2, 0) is 17.8 Å². The molecule has 1 aromatic rings. The second-order valence-electron chi connectivity index (χ2n) is 7.47.